The molecule has 0 spiro atoms. The van der Waals surface area contributed by atoms with E-state index in [0.717, 1.165) is 17.1 Å². The van der Waals surface area contributed by atoms with Gasteiger partial charge in [0, 0.05) is 18.6 Å². The van der Waals surface area contributed by atoms with Gasteiger partial charge in [0.25, 0.3) is 11.8 Å². The highest BCUT2D eigenvalue weighted by molar-refractivity contribution is 6.15. The number of carbonyl (C=O) groups is 3. The van der Waals surface area contributed by atoms with E-state index in [4.69, 9.17) is 4.74 Å². The first-order valence-corrected chi connectivity index (χ1v) is 6.99. The zero-order valence-electron chi connectivity index (χ0n) is 13.1. The summed E-state index contributed by atoms with van der Waals surface area (Å²) in [5, 5.41) is 9.72. The Morgan fingerprint density at radius 1 is 1.24 bits per heavy atom. The van der Waals surface area contributed by atoms with Crippen LogP contribution in [0.3, 0.4) is 0 Å². The zero-order chi connectivity index (χ0) is 16.4. The highest BCUT2D eigenvalue weighted by Crippen LogP contribution is 2.17. The molecule has 3 unspecified atom stereocenters. The molecule has 3 atom stereocenters. The Labute approximate surface area is 124 Å². The van der Waals surface area contributed by atoms with Crippen LogP contribution in [-0.4, -0.2) is 51.5 Å². The molecule has 1 rings (SSSR count). The molecule has 0 aromatic rings. The van der Waals surface area contributed by atoms with Gasteiger partial charge in [0.05, 0.1) is 17.7 Å². The van der Waals surface area contributed by atoms with Crippen molar-refractivity contribution in [1.82, 2.24) is 4.90 Å². The van der Waals surface area contributed by atoms with Crippen LogP contribution in [0.2, 0.25) is 0 Å². The van der Waals surface area contributed by atoms with Crippen molar-refractivity contribution in [2.75, 3.05) is 0 Å². The van der Waals surface area contributed by atoms with Crippen molar-refractivity contribution >= 4 is 17.6 Å². The molecule has 0 fully saturated rings. The maximum atomic E-state index is 12.3. The molecule has 1 aliphatic rings. The fourth-order valence-corrected chi connectivity index (χ4v) is 2.43. The van der Waals surface area contributed by atoms with Gasteiger partial charge >= 0.3 is 0 Å². The fourth-order valence-electron chi connectivity index (χ4n) is 2.43. The largest absolute Gasteiger partial charge is 0.390 e. The maximum absolute atomic E-state index is 12.3. The van der Waals surface area contributed by atoms with Gasteiger partial charge in [-0.1, -0.05) is 0 Å². The van der Waals surface area contributed by atoms with E-state index in [0.29, 0.717) is 6.42 Å². The number of Topliss-reactive ketones (excluding diaryl/α,β-unsaturated/α-hetero) is 1. The van der Waals surface area contributed by atoms with Crippen molar-refractivity contribution in [3.8, 4) is 0 Å². The van der Waals surface area contributed by atoms with E-state index in [-0.39, 0.29) is 11.9 Å². The van der Waals surface area contributed by atoms with Gasteiger partial charge in [0.15, 0.2) is 5.78 Å². The minimum Gasteiger partial charge on any atom is -0.390 e. The molecule has 1 heterocycles. The van der Waals surface area contributed by atoms with Gasteiger partial charge in [-0.05, 0) is 34.6 Å². The predicted octanol–water partition coefficient (Wildman–Crippen LogP) is 0.824. The van der Waals surface area contributed by atoms with Crippen molar-refractivity contribution in [3.63, 3.8) is 0 Å². The molecule has 1 N–H and O–H groups in total. The van der Waals surface area contributed by atoms with Crippen molar-refractivity contribution < 1.29 is 24.2 Å². The van der Waals surface area contributed by atoms with Gasteiger partial charge in [-0.3, -0.25) is 19.3 Å². The molecule has 6 nitrogen and oxygen atoms in total. The number of carbonyl (C=O) groups excluding carboxylic acids is 3. The molecule has 0 aliphatic carbocycles. The monoisotopic (exact) mass is 297 g/mol. The molecule has 6 heteroatoms. The summed E-state index contributed by atoms with van der Waals surface area (Å²) in [5.74, 6) is -1.32. The van der Waals surface area contributed by atoms with Crippen LogP contribution in [0.4, 0.5) is 0 Å². The van der Waals surface area contributed by atoms with Crippen molar-refractivity contribution in [2.24, 2.45) is 0 Å². The standard InChI is InChI=1S/C15H23NO5/c1-9(8-15(4,5)20)21-11(3)14(19)10(2)16-12(17)6-7-13(16)18/h6-7,9-11,20H,8H2,1-5H3. The number of hydrogen-bond acceptors (Lipinski definition) is 5. The summed E-state index contributed by atoms with van der Waals surface area (Å²) >= 11 is 0. The Morgan fingerprint density at radius 2 is 1.71 bits per heavy atom. The number of imide groups is 1. The lowest BCUT2D eigenvalue weighted by molar-refractivity contribution is -0.149. The van der Waals surface area contributed by atoms with Crippen LogP contribution in [0.15, 0.2) is 12.2 Å². The third-order valence-electron chi connectivity index (χ3n) is 3.27. The summed E-state index contributed by atoms with van der Waals surface area (Å²) in [4.78, 5) is 36.3. The van der Waals surface area contributed by atoms with E-state index in [1.807, 2.05) is 0 Å². The molecule has 0 aromatic heterocycles. The van der Waals surface area contributed by atoms with Crippen LogP contribution in [0.25, 0.3) is 0 Å². The molecular formula is C15H23NO5. The number of ether oxygens (including phenoxy) is 1. The Kier molecular flexibility index (Phi) is 5.42. The molecule has 0 bridgehead atoms. The molecule has 0 radical (unpaired) electrons. The third kappa shape index (κ3) is 4.75. The lowest BCUT2D eigenvalue weighted by Gasteiger charge is -2.28. The van der Waals surface area contributed by atoms with E-state index in [1.165, 1.54) is 6.92 Å². The maximum Gasteiger partial charge on any atom is 0.254 e. The summed E-state index contributed by atoms with van der Waals surface area (Å²) in [7, 11) is 0. The molecular weight excluding hydrogens is 274 g/mol. The molecule has 0 aromatic carbocycles. The van der Waals surface area contributed by atoms with Gasteiger partial charge in [-0.15, -0.1) is 0 Å². The van der Waals surface area contributed by atoms with Gasteiger partial charge in [0.2, 0.25) is 0 Å². The number of aliphatic hydroxyl groups is 1. The summed E-state index contributed by atoms with van der Waals surface area (Å²) in [6.45, 7) is 8.17. The van der Waals surface area contributed by atoms with Gasteiger partial charge in [-0.2, -0.15) is 0 Å². The average molecular weight is 297 g/mol. The predicted molar refractivity (Wildman–Crippen MR) is 76.4 cm³/mol. The van der Waals surface area contributed by atoms with E-state index < -0.39 is 29.6 Å². The fraction of sp³-hybridized carbons (Fsp3) is 0.667. The SMILES string of the molecule is CC(CC(C)(C)O)OC(C)C(=O)C(C)N1C(=O)C=CC1=O. The minimum absolute atomic E-state index is 0.320. The number of hydrogen-bond donors (Lipinski definition) is 1. The first kappa shape index (κ1) is 17.5. The first-order valence-electron chi connectivity index (χ1n) is 6.99. The van der Waals surface area contributed by atoms with Gasteiger partial charge in [-0.25, -0.2) is 0 Å². The average Bonchev–Trinajstić information content (AvgIpc) is 2.64. The molecule has 1 aliphatic heterocycles. The molecule has 21 heavy (non-hydrogen) atoms. The minimum atomic E-state index is -0.890. The Hall–Kier alpha value is -1.53. The summed E-state index contributed by atoms with van der Waals surface area (Å²) < 4.78 is 5.56. The molecule has 0 saturated carbocycles. The van der Waals surface area contributed by atoms with E-state index in [2.05, 4.69) is 0 Å². The Balaban J connectivity index is 2.62. The van der Waals surface area contributed by atoms with Crippen molar-refractivity contribution in [3.05, 3.63) is 12.2 Å². The number of amides is 2. The smallest absolute Gasteiger partial charge is 0.254 e. The second kappa shape index (κ2) is 6.49. The quantitative estimate of drug-likeness (QED) is 0.703. The van der Waals surface area contributed by atoms with Crippen LogP contribution >= 0.6 is 0 Å². The highest BCUT2D eigenvalue weighted by atomic mass is 16.5. The Morgan fingerprint density at radius 3 is 2.14 bits per heavy atom. The van der Waals surface area contributed by atoms with Gasteiger partial charge < -0.3 is 9.84 Å². The van der Waals surface area contributed by atoms with E-state index in [1.54, 1.807) is 27.7 Å². The number of rotatable bonds is 7. The van der Waals surface area contributed by atoms with E-state index >= 15 is 0 Å². The van der Waals surface area contributed by atoms with Crippen LogP contribution in [0.5, 0.6) is 0 Å². The lowest BCUT2D eigenvalue weighted by atomic mass is 10.0. The van der Waals surface area contributed by atoms with Crippen LogP contribution in [-0.2, 0) is 19.1 Å². The lowest BCUT2D eigenvalue weighted by Crippen LogP contribution is -2.47. The summed E-state index contributed by atoms with van der Waals surface area (Å²) in [6.07, 6.45) is 1.59. The third-order valence-corrected chi connectivity index (χ3v) is 3.27. The Bertz CT molecular complexity index is 445. The summed E-state index contributed by atoms with van der Waals surface area (Å²) in [5.41, 5.74) is -0.890. The highest BCUT2D eigenvalue weighted by Gasteiger charge is 2.35. The van der Waals surface area contributed by atoms with Gasteiger partial charge in [0.1, 0.15) is 6.10 Å². The van der Waals surface area contributed by atoms with Crippen LogP contribution < -0.4 is 0 Å². The number of ketones is 1. The molecule has 118 valence electrons. The second-order valence-corrected chi connectivity index (χ2v) is 6.06. The molecule has 0 saturated heterocycles. The zero-order valence-corrected chi connectivity index (χ0v) is 13.1. The molecule has 2 amide bonds. The number of nitrogens with zero attached hydrogens (tertiary/aromatic N) is 1. The summed E-state index contributed by atoms with van der Waals surface area (Å²) in [6, 6.07) is -0.871. The first-order chi connectivity index (χ1) is 9.53. The van der Waals surface area contributed by atoms with Crippen LogP contribution in [0.1, 0.15) is 41.0 Å². The topological polar surface area (TPSA) is 83.9 Å². The van der Waals surface area contributed by atoms with Crippen molar-refractivity contribution in [1.29, 1.82) is 0 Å². The normalized spacial score (nSPS) is 19.8. The second-order valence-electron chi connectivity index (χ2n) is 6.06. The van der Waals surface area contributed by atoms with Crippen molar-refractivity contribution in [2.45, 2.75) is 64.9 Å². The van der Waals surface area contributed by atoms with E-state index in [9.17, 15) is 19.5 Å². The van der Waals surface area contributed by atoms with Crippen LogP contribution in [0, 0.1) is 0 Å².